The molecule has 1 aliphatic heterocycles. The molecule has 0 fully saturated rings. The Morgan fingerprint density at radius 2 is 1.92 bits per heavy atom. The molecule has 25 heavy (non-hydrogen) atoms. The van der Waals surface area contributed by atoms with E-state index in [9.17, 15) is 18.7 Å². The molecule has 1 amide bonds. The molecule has 0 spiro atoms. The van der Waals surface area contributed by atoms with Crippen LogP contribution in [0.15, 0.2) is 59.7 Å². The quantitative estimate of drug-likeness (QED) is 0.897. The van der Waals surface area contributed by atoms with Crippen molar-refractivity contribution in [2.24, 2.45) is 5.10 Å². The summed E-state index contributed by atoms with van der Waals surface area (Å²) in [4.78, 5) is 12.7. The van der Waals surface area contributed by atoms with Gasteiger partial charge in [-0.05, 0) is 23.8 Å². The molecule has 0 unspecified atom stereocenters. The molecule has 0 bridgehead atoms. The van der Waals surface area contributed by atoms with Crippen LogP contribution in [0, 0.1) is 0 Å². The fourth-order valence-electron chi connectivity index (χ4n) is 2.64. The lowest BCUT2D eigenvalue weighted by Crippen LogP contribution is -2.57. The van der Waals surface area contributed by atoms with Gasteiger partial charge in [0.25, 0.3) is 11.8 Å². The van der Waals surface area contributed by atoms with Crippen molar-refractivity contribution < 1.29 is 18.7 Å². The van der Waals surface area contributed by atoms with Crippen molar-refractivity contribution in [3.8, 4) is 0 Å². The van der Waals surface area contributed by atoms with Gasteiger partial charge in [0.1, 0.15) is 0 Å². The Balaban J connectivity index is 2.06. The Morgan fingerprint density at radius 3 is 2.52 bits per heavy atom. The highest BCUT2D eigenvalue weighted by Gasteiger charge is 2.59. The van der Waals surface area contributed by atoms with Gasteiger partial charge in [-0.2, -0.15) is 10.1 Å². The van der Waals surface area contributed by atoms with E-state index >= 15 is 0 Å². The maximum Gasteiger partial charge on any atom is 0.294 e. The molecule has 7 heteroatoms. The number of benzene rings is 2. The Hall–Kier alpha value is -2.31. The van der Waals surface area contributed by atoms with Crippen LogP contribution in [-0.4, -0.2) is 33.4 Å². The molecule has 4 nitrogen and oxygen atoms in total. The molecule has 130 valence electrons. The van der Waals surface area contributed by atoms with E-state index < -0.39 is 24.0 Å². The summed E-state index contributed by atoms with van der Waals surface area (Å²) in [6, 6.07) is 14.4. The largest absolute Gasteiger partial charge is 0.364 e. The lowest BCUT2D eigenvalue weighted by atomic mass is 9.96. The van der Waals surface area contributed by atoms with Crippen LogP contribution in [0.4, 0.5) is 8.78 Å². The molecule has 0 saturated heterocycles. The predicted octanol–water partition coefficient (Wildman–Crippen LogP) is 3.93. The van der Waals surface area contributed by atoms with Gasteiger partial charge in [0.15, 0.2) is 0 Å². The summed E-state index contributed by atoms with van der Waals surface area (Å²) in [6.45, 7) is 0.564. The minimum atomic E-state index is -3.58. The fraction of sp³-hybridized carbons (Fsp3) is 0.222. The number of aliphatic hydroxyl groups is 1. The lowest BCUT2D eigenvalue weighted by molar-refractivity contribution is -0.222. The second-order valence-electron chi connectivity index (χ2n) is 5.92. The number of amides is 1. The van der Waals surface area contributed by atoms with Crippen LogP contribution in [0.3, 0.4) is 0 Å². The summed E-state index contributed by atoms with van der Waals surface area (Å²) in [6.07, 6.45) is -0.479. The van der Waals surface area contributed by atoms with Gasteiger partial charge in [0.2, 0.25) is 5.72 Å². The fourth-order valence-corrected chi connectivity index (χ4v) is 2.83. The molecule has 1 atom stereocenters. The molecule has 0 aromatic heterocycles. The summed E-state index contributed by atoms with van der Waals surface area (Å²) in [5.74, 6) is -4.43. The smallest absolute Gasteiger partial charge is 0.294 e. The molecule has 0 saturated carbocycles. The first-order chi connectivity index (χ1) is 11.7. The van der Waals surface area contributed by atoms with Crippen LogP contribution in [0.1, 0.15) is 29.3 Å². The van der Waals surface area contributed by atoms with Crippen molar-refractivity contribution in [3.05, 3.63) is 70.7 Å². The maximum atomic E-state index is 14.2. The maximum absolute atomic E-state index is 14.2. The molecule has 0 aliphatic carbocycles. The number of halogens is 3. The monoisotopic (exact) mass is 364 g/mol. The minimum absolute atomic E-state index is 0.0632. The Bertz CT molecular complexity index is 836. The van der Waals surface area contributed by atoms with Crippen molar-refractivity contribution >= 4 is 23.2 Å². The van der Waals surface area contributed by atoms with Crippen LogP contribution in [0.2, 0.25) is 5.02 Å². The Labute approximate surface area is 148 Å². The number of carbonyl (C=O) groups excluding carboxylic acids is 1. The zero-order valence-corrected chi connectivity index (χ0v) is 14.0. The third kappa shape index (κ3) is 3.15. The second kappa shape index (κ2) is 6.20. The summed E-state index contributed by atoms with van der Waals surface area (Å²) in [7, 11) is 0. The third-order valence-electron chi connectivity index (χ3n) is 4.06. The molecule has 3 rings (SSSR count). The van der Waals surface area contributed by atoms with E-state index in [1.54, 1.807) is 36.4 Å². The summed E-state index contributed by atoms with van der Waals surface area (Å²) >= 11 is 5.86. The highest BCUT2D eigenvalue weighted by atomic mass is 35.5. The van der Waals surface area contributed by atoms with E-state index in [-0.39, 0.29) is 16.3 Å². The van der Waals surface area contributed by atoms with Gasteiger partial charge in [-0.1, -0.05) is 48.0 Å². The van der Waals surface area contributed by atoms with Crippen molar-refractivity contribution in [3.63, 3.8) is 0 Å². The first-order valence-electron chi connectivity index (χ1n) is 7.55. The number of nitrogens with zero attached hydrogens (tertiary/aromatic N) is 2. The van der Waals surface area contributed by atoms with Crippen molar-refractivity contribution in [1.29, 1.82) is 0 Å². The number of rotatable bonds is 3. The molecule has 1 aliphatic rings. The van der Waals surface area contributed by atoms with E-state index in [4.69, 9.17) is 11.6 Å². The lowest BCUT2D eigenvalue weighted by Gasteiger charge is -2.35. The normalized spacial score (nSPS) is 20.5. The highest BCUT2D eigenvalue weighted by Crippen LogP contribution is 2.40. The van der Waals surface area contributed by atoms with E-state index in [2.05, 4.69) is 5.10 Å². The predicted molar refractivity (Wildman–Crippen MR) is 90.8 cm³/mol. The van der Waals surface area contributed by atoms with Gasteiger partial charge in [0, 0.05) is 23.9 Å². The van der Waals surface area contributed by atoms with Gasteiger partial charge in [0.05, 0.1) is 5.71 Å². The average Bonchev–Trinajstić information content (AvgIpc) is 2.94. The summed E-state index contributed by atoms with van der Waals surface area (Å²) < 4.78 is 28.3. The number of hydrogen-bond donors (Lipinski definition) is 1. The van der Waals surface area contributed by atoms with Gasteiger partial charge in [-0.15, -0.1) is 0 Å². The highest BCUT2D eigenvalue weighted by molar-refractivity contribution is 6.31. The number of hydrogen-bond acceptors (Lipinski definition) is 3. The van der Waals surface area contributed by atoms with Gasteiger partial charge >= 0.3 is 0 Å². The number of carbonyl (C=O) groups is 1. The topological polar surface area (TPSA) is 52.9 Å². The van der Waals surface area contributed by atoms with Crippen LogP contribution in [0.25, 0.3) is 0 Å². The molecule has 1 N–H and O–H groups in total. The number of hydrazone groups is 1. The Morgan fingerprint density at radius 1 is 1.24 bits per heavy atom. The zero-order valence-electron chi connectivity index (χ0n) is 13.3. The van der Waals surface area contributed by atoms with Crippen LogP contribution in [-0.2, 0) is 0 Å². The number of alkyl halides is 2. The van der Waals surface area contributed by atoms with E-state index in [0.717, 1.165) is 0 Å². The third-order valence-corrected chi connectivity index (χ3v) is 4.29. The minimum Gasteiger partial charge on any atom is -0.364 e. The molecule has 1 heterocycles. The molecular weight excluding hydrogens is 350 g/mol. The molecule has 0 radical (unpaired) electrons. The Kier molecular flexibility index (Phi) is 4.34. The van der Waals surface area contributed by atoms with Crippen LogP contribution >= 0.6 is 11.6 Å². The molecule has 2 aromatic carbocycles. The van der Waals surface area contributed by atoms with Crippen molar-refractivity contribution in [2.45, 2.75) is 25.0 Å². The van der Waals surface area contributed by atoms with Gasteiger partial charge in [-0.3, -0.25) is 4.79 Å². The summed E-state index contributed by atoms with van der Waals surface area (Å²) in [5.41, 5.74) is -1.92. The van der Waals surface area contributed by atoms with Crippen molar-refractivity contribution in [2.75, 3.05) is 0 Å². The summed E-state index contributed by atoms with van der Waals surface area (Å²) in [5, 5.41) is 15.4. The van der Waals surface area contributed by atoms with E-state index in [1.165, 1.54) is 18.2 Å². The molecule has 2 aromatic rings. The van der Waals surface area contributed by atoms with Crippen LogP contribution < -0.4 is 0 Å². The van der Waals surface area contributed by atoms with E-state index in [1.807, 2.05) is 0 Å². The first kappa shape index (κ1) is 17.5. The molecular formula is C18H15ClF2N2O2. The van der Waals surface area contributed by atoms with E-state index in [0.29, 0.717) is 17.5 Å². The van der Waals surface area contributed by atoms with Gasteiger partial charge in [-0.25, -0.2) is 8.78 Å². The average molecular weight is 365 g/mol. The first-order valence-corrected chi connectivity index (χ1v) is 7.93. The van der Waals surface area contributed by atoms with Crippen LogP contribution in [0.5, 0.6) is 0 Å². The van der Waals surface area contributed by atoms with Crippen molar-refractivity contribution in [1.82, 2.24) is 5.01 Å². The standard InChI is InChI=1S/C18H15ClF2N2O2/c1-17(20,21)18(25)11-15(12-6-3-2-4-7-12)22-23(18)16(24)13-8-5-9-14(19)10-13/h2-10,25H,11H2,1H3/t18-/m1/s1. The van der Waals surface area contributed by atoms with Gasteiger partial charge < -0.3 is 5.11 Å². The SMILES string of the molecule is CC(F)(F)[C@]1(O)CC(c2ccccc2)=NN1C(=O)c1cccc(Cl)c1. The zero-order chi connectivity index (χ0) is 18.2. The second-order valence-corrected chi connectivity index (χ2v) is 6.36.